The van der Waals surface area contributed by atoms with Crippen LogP contribution >= 0.6 is 0 Å². The third-order valence-corrected chi connectivity index (χ3v) is 2.37. The zero-order chi connectivity index (χ0) is 12.8. The average molecular weight is 230 g/mol. The van der Waals surface area contributed by atoms with Gasteiger partial charge in [-0.05, 0) is 33.1 Å². The van der Waals surface area contributed by atoms with Crippen LogP contribution in [0.2, 0.25) is 0 Å². The molecule has 1 amide bonds. The molecule has 0 radical (unpaired) electrons. The minimum Gasteiger partial charge on any atom is -0.396 e. The molecule has 3 N–H and O–H groups in total. The Bertz CT molecular complexity index is 210. The summed E-state index contributed by atoms with van der Waals surface area (Å²) in [4.78, 5) is 11.6. The second-order valence-corrected chi connectivity index (χ2v) is 5.53. The van der Waals surface area contributed by atoms with Crippen LogP contribution in [-0.2, 0) is 4.79 Å². The first kappa shape index (κ1) is 15.4. The fourth-order valence-corrected chi connectivity index (χ4v) is 1.31. The van der Waals surface area contributed by atoms with Crippen molar-refractivity contribution in [1.82, 2.24) is 10.6 Å². The molecule has 96 valence electrons. The minimum absolute atomic E-state index is 0.0120. The summed E-state index contributed by atoms with van der Waals surface area (Å²) in [6, 6.07) is 0.0549. The predicted molar refractivity (Wildman–Crippen MR) is 66.2 cm³/mol. The lowest BCUT2D eigenvalue weighted by molar-refractivity contribution is -0.121. The Morgan fingerprint density at radius 3 is 2.25 bits per heavy atom. The molecule has 0 heterocycles. The lowest BCUT2D eigenvalue weighted by Crippen LogP contribution is -2.47. The van der Waals surface area contributed by atoms with Gasteiger partial charge in [-0.2, -0.15) is 0 Å². The van der Waals surface area contributed by atoms with Gasteiger partial charge in [0.25, 0.3) is 0 Å². The van der Waals surface area contributed by atoms with Crippen molar-refractivity contribution < 1.29 is 9.90 Å². The van der Waals surface area contributed by atoms with Gasteiger partial charge >= 0.3 is 0 Å². The van der Waals surface area contributed by atoms with Crippen molar-refractivity contribution in [2.24, 2.45) is 5.92 Å². The molecule has 0 aromatic carbocycles. The van der Waals surface area contributed by atoms with E-state index in [4.69, 9.17) is 5.11 Å². The molecule has 0 aliphatic heterocycles. The summed E-state index contributed by atoms with van der Waals surface area (Å²) in [7, 11) is 0. The van der Waals surface area contributed by atoms with E-state index >= 15 is 0 Å². The summed E-state index contributed by atoms with van der Waals surface area (Å²) >= 11 is 0. The number of aliphatic hydroxyl groups is 1. The lowest BCUT2D eigenvalue weighted by Gasteiger charge is -2.24. The van der Waals surface area contributed by atoms with Crippen molar-refractivity contribution in [2.45, 2.75) is 52.6 Å². The number of nitrogens with one attached hydrogen (secondary N) is 2. The highest BCUT2D eigenvalue weighted by Gasteiger charge is 2.17. The van der Waals surface area contributed by atoms with Crippen LogP contribution in [0, 0.1) is 5.92 Å². The van der Waals surface area contributed by atoms with Gasteiger partial charge in [-0.25, -0.2) is 0 Å². The van der Waals surface area contributed by atoms with Crippen molar-refractivity contribution in [3.8, 4) is 0 Å². The maximum Gasteiger partial charge on any atom is 0.234 e. The molecule has 0 aromatic heterocycles. The number of aliphatic hydroxyl groups excluding tert-OH is 1. The molecule has 0 rings (SSSR count). The van der Waals surface area contributed by atoms with E-state index < -0.39 is 0 Å². The van der Waals surface area contributed by atoms with Crippen LogP contribution in [-0.4, -0.2) is 35.7 Å². The number of hydrogen-bond donors (Lipinski definition) is 3. The molecule has 0 saturated carbocycles. The molecular formula is C12H26N2O2. The molecule has 16 heavy (non-hydrogen) atoms. The van der Waals surface area contributed by atoms with Gasteiger partial charge in [-0.1, -0.05) is 13.8 Å². The molecule has 0 fully saturated rings. The van der Waals surface area contributed by atoms with Crippen molar-refractivity contribution in [1.29, 1.82) is 0 Å². The van der Waals surface area contributed by atoms with E-state index in [9.17, 15) is 4.79 Å². The number of carbonyl (C=O) groups is 1. The molecule has 0 aromatic rings. The fourth-order valence-electron chi connectivity index (χ4n) is 1.31. The predicted octanol–water partition coefficient (Wildman–Crippen LogP) is 0.898. The van der Waals surface area contributed by atoms with Gasteiger partial charge in [0.05, 0.1) is 6.54 Å². The van der Waals surface area contributed by atoms with Gasteiger partial charge < -0.3 is 15.7 Å². The van der Waals surface area contributed by atoms with Gasteiger partial charge in [-0.15, -0.1) is 0 Å². The van der Waals surface area contributed by atoms with Crippen LogP contribution in [0.25, 0.3) is 0 Å². The topological polar surface area (TPSA) is 61.4 Å². The van der Waals surface area contributed by atoms with E-state index in [1.54, 1.807) is 0 Å². The Labute approximate surface area is 98.8 Å². The van der Waals surface area contributed by atoms with Crippen LogP contribution < -0.4 is 10.6 Å². The highest BCUT2D eigenvalue weighted by atomic mass is 16.3. The quantitative estimate of drug-likeness (QED) is 0.635. The Hall–Kier alpha value is -0.610. The summed E-state index contributed by atoms with van der Waals surface area (Å²) in [6.07, 6.45) is 0.610. The maximum absolute atomic E-state index is 11.6. The molecular weight excluding hydrogens is 204 g/mol. The van der Waals surface area contributed by atoms with Crippen LogP contribution in [0.1, 0.15) is 41.0 Å². The van der Waals surface area contributed by atoms with Gasteiger partial charge in [0, 0.05) is 18.2 Å². The summed E-state index contributed by atoms with van der Waals surface area (Å²) in [5, 5.41) is 15.0. The molecule has 0 spiro atoms. The SMILES string of the molecule is CC(C)C(CCO)NC(=O)CNC(C)(C)C. The van der Waals surface area contributed by atoms with Crippen LogP contribution in [0.4, 0.5) is 0 Å². The van der Waals surface area contributed by atoms with Gasteiger partial charge in [-0.3, -0.25) is 4.79 Å². The minimum atomic E-state index is -0.0539. The first-order chi connectivity index (χ1) is 7.26. The van der Waals surface area contributed by atoms with E-state index in [1.807, 2.05) is 34.6 Å². The highest BCUT2D eigenvalue weighted by molar-refractivity contribution is 5.78. The molecule has 1 atom stereocenters. The van der Waals surface area contributed by atoms with Crippen molar-refractivity contribution in [3.05, 3.63) is 0 Å². The first-order valence-corrected chi connectivity index (χ1v) is 5.91. The molecule has 0 bridgehead atoms. The Kier molecular flexibility index (Phi) is 6.60. The van der Waals surface area contributed by atoms with Crippen molar-refractivity contribution in [3.63, 3.8) is 0 Å². The second-order valence-electron chi connectivity index (χ2n) is 5.53. The molecule has 0 aliphatic carbocycles. The average Bonchev–Trinajstić information content (AvgIpc) is 2.13. The normalized spacial score (nSPS) is 13.9. The van der Waals surface area contributed by atoms with E-state index in [1.165, 1.54) is 0 Å². The summed E-state index contributed by atoms with van der Waals surface area (Å²) in [5.74, 6) is 0.327. The van der Waals surface area contributed by atoms with Crippen LogP contribution in [0.3, 0.4) is 0 Å². The number of hydrogen-bond acceptors (Lipinski definition) is 3. The lowest BCUT2D eigenvalue weighted by atomic mass is 10.0. The number of amides is 1. The monoisotopic (exact) mass is 230 g/mol. The smallest absolute Gasteiger partial charge is 0.234 e. The van der Waals surface area contributed by atoms with Crippen molar-refractivity contribution in [2.75, 3.05) is 13.2 Å². The van der Waals surface area contributed by atoms with E-state index in [2.05, 4.69) is 10.6 Å². The Balaban J connectivity index is 4.00. The van der Waals surface area contributed by atoms with E-state index in [-0.39, 0.29) is 24.1 Å². The third-order valence-electron chi connectivity index (χ3n) is 2.37. The van der Waals surface area contributed by atoms with Crippen LogP contribution in [0.5, 0.6) is 0 Å². The summed E-state index contributed by atoms with van der Waals surface area (Å²) in [6.45, 7) is 10.6. The Morgan fingerprint density at radius 1 is 1.31 bits per heavy atom. The molecule has 4 heteroatoms. The van der Waals surface area contributed by atoms with Crippen LogP contribution in [0.15, 0.2) is 0 Å². The van der Waals surface area contributed by atoms with Gasteiger partial charge in [0.15, 0.2) is 0 Å². The first-order valence-electron chi connectivity index (χ1n) is 5.91. The maximum atomic E-state index is 11.6. The standard InChI is InChI=1S/C12H26N2O2/c1-9(2)10(6-7-15)14-11(16)8-13-12(3,4)5/h9-10,13,15H,6-8H2,1-5H3,(H,14,16). The van der Waals surface area contributed by atoms with Gasteiger partial charge in [0.1, 0.15) is 0 Å². The molecule has 0 aliphatic rings. The fraction of sp³-hybridized carbons (Fsp3) is 0.917. The molecule has 4 nitrogen and oxygen atoms in total. The summed E-state index contributed by atoms with van der Waals surface area (Å²) < 4.78 is 0. The number of carbonyl (C=O) groups excluding carboxylic acids is 1. The second kappa shape index (κ2) is 6.86. The molecule has 1 unspecified atom stereocenters. The zero-order valence-corrected chi connectivity index (χ0v) is 11.1. The van der Waals surface area contributed by atoms with Crippen molar-refractivity contribution >= 4 is 5.91 Å². The largest absolute Gasteiger partial charge is 0.396 e. The van der Waals surface area contributed by atoms with E-state index in [0.717, 1.165) is 0 Å². The third kappa shape index (κ3) is 7.65. The number of rotatable bonds is 6. The Morgan fingerprint density at radius 2 is 1.88 bits per heavy atom. The zero-order valence-electron chi connectivity index (χ0n) is 11.1. The van der Waals surface area contributed by atoms with E-state index in [0.29, 0.717) is 18.9 Å². The van der Waals surface area contributed by atoms with Gasteiger partial charge in [0.2, 0.25) is 5.91 Å². The highest BCUT2D eigenvalue weighted by Crippen LogP contribution is 2.05. The molecule has 0 saturated heterocycles. The summed E-state index contributed by atoms with van der Waals surface area (Å²) in [5.41, 5.74) is -0.0539.